The summed E-state index contributed by atoms with van der Waals surface area (Å²) in [5, 5.41) is 2.62. The average Bonchev–Trinajstić information content (AvgIpc) is 3.28. The standard InChI is InChI=1S/C10H8.3C6H6.10C2H6.2CH3.Y/c1-2-6-10-8-4-3-7-9(10)5-1;3*1-2-4-6-5-3-1;10*1-2;;;/h1-8H;3*1-6H;10*1-2H3;2*1H3;/q;;;;;;;;;;;;;;2*-1;. The van der Waals surface area contributed by atoms with Gasteiger partial charge in [-0.25, -0.2) is 0 Å². The number of rotatable bonds is 0. The molecule has 1 heteroatoms. The van der Waals surface area contributed by atoms with E-state index in [9.17, 15) is 0 Å². The molecule has 51 heavy (non-hydrogen) atoms. The van der Waals surface area contributed by atoms with Crippen molar-refractivity contribution in [3.8, 4) is 0 Å². The van der Waals surface area contributed by atoms with Crippen molar-refractivity contribution >= 4 is 10.8 Å². The Kier molecular flexibility index (Phi) is 190. The van der Waals surface area contributed by atoms with Crippen molar-refractivity contribution in [2.45, 2.75) is 138 Å². The summed E-state index contributed by atoms with van der Waals surface area (Å²) in [6.45, 7) is 40.0. The van der Waals surface area contributed by atoms with Gasteiger partial charge >= 0.3 is 0 Å². The van der Waals surface area contributed by atoms with Crippen LogP contribution in [0.1, 0.15) is 138 Å². The van der Waals surface area contributed by atoms with Gasteiger partial charge in [0, 0.05) is 32.7 Å². The van der Waals surface area contributed by atoms with Crippen LogP contribution in [0.25, 0.3) is 10.8 Å². The zero-order valence-corrected chi connectivity index (χ0v) is 41.4. The molecule has 0 aliphatic heterocycles. The first-order valence-electron chi connectivity index (χ1n) is 19.4. The number of hydrogen-bond acceptors (Lipinski definition) is 0. The van der Waals surface area contributed by atoms with E-state index in [1.54, 1.807) is 0 Å². The smallest absolute Gasteiger partial charge is 0 e. The summed E-state index contributed by atoms with van der Waals surface area (Å²) in [6, 6.07) is 52.7. The van der Waals surface area contributed by atoms with Gasteiger partial charge in [-0.2, -0.15) is 0 Å². The zero-order valence-electron chi connectivity index (χ0n) is 38.6. The summed E-state index contributed by atoms with van der Waals surface area (Å²) in [6.07, 6.45) is 0. The van der Waals surface area contributed by atoms with Crippen LogP contribution in [0.5, 0.6) is 0 Å². The zero-order chi connectivity index (χ0) is 39.5. The first-order valence-corrected chi connectivity index (χ1v) is 19.4. The van der Waals surface area contributed by atoms with Gasteiger partial charge in [-0.1, -0.05) is 296 Å². The van der Waals surface area contributed by atoms with E-state index in [4.69, 9.17) is 0 Å². The normalized spacial score (nSPS) is 5.96. The van der Waals surface area contributed by atoms with Gasteiger partial charge in [-0.05, 0) is 10.8 Å². The van der Waals surface area contributed by atoms with E-state index in [0.29, 0.717) is 0 Å². The van der Waals surface area contributed by atoms with Crippen molar-refractivity contribution in [1.82, 2.24) is 0 Å². The quantitative estimate of drug-likeness (QED) is 0.137. The van der Waals surface area contributed by atoms with Crippen LogP contribution in [0.3, 0.4) is 0 Å². The minimum absolute atomic E-state index is 0. The molecule has 0 saturated heterocycles. The predicted molar refractivity (Wildman–Crippen MR) is 250 cm³/mol. The van der Waals surface area contributed by atoms with E-state index >= 15 is 0 Å². The van der Waals surface area contributed by atoms with Crippen LogP contribution in [0, 0.1) is 14.9 Å². The Labute approximate surface area is 352 Å². The number of hydrogen-bond donors (Lipinski definition) is 0. The van der Waals surface area contributed by atoms with Gasteiger partial charge in [-0.15, -0.1) is 0 Å². The molecule has 0 spiro atoms. The van der Waals surface area contributed by atoms with Gasteiger partial charge in [0.25, 0.3) is 0 Å². The van der Waals surface area contributed by atoms with Gasteiger partial charge in [0.1, 0.15) is 0 Å². The maximum Gasteiger partial charge on any atom is 0 e. The van der Waals surface area contributed by atoms with Crippen LogP contribution < -0.4 is 0 Å². The minimum Gasteiger partial charge on any atom is -0.358 e. The van der Waals surface area contributed by atoms with Crippen LogP contribution >= 0.6 is 0 Å². The second-order valence-corrected chi connectivity index (χ2v) is 5.81. The summed E-state index contributed by atoms with van der Waals surface area (Å²) in [5.41, 5.74) is 0. The summed E-state index contributed by atoms with van der Waals surface area (Å²) in [5.74, 6) is 0. The molecule has 0 aliphatic carbocycles. The molecule has 0 aromatic heterocycles. The van der Waals surface area contributed by atoms with E-state index in [0.717, 1.165) is 0 Å². The van der Waals surface area contributed by atoms with Crippen molar-refractivity contribution in [1.29, 1.82) is 0 Å². The third kappa shape index (κ3) is 87.6. The third-order valence-corrected chi connectivity index (χ3v) is 3.66. The van der Waals surface area contributed by atoms with Crippen LogP contribution in [-0.2, 0) is 32.7 Å². The van der Waals surface area contributed by atoms with Crippen LogP contribution in [-0.4, -0.2) is 0 Å². The van der Waals surface area contributed by atoms with Crippen molar-refractivity contribution in [3.05, 3.63) is 173 Å². The Morgan fingerprint density at radius 3 is 0.333 bits per heavy atom. The van der Waals surface area contributed by atoms with Crippen molar-refractivity contribution < 1.29 is 32.7 Å². The van der Waals surface area contributed by atoms with Gasteiger partial charge in [0.15, 0.2) is 0 Å². The first-order chi connectivity index (χ1) is 24.0. The molecule has 297 valence electrons. The number of fused-ring (bicyclic) bond motifs is 1. The fourth-order valence-corrected chi connectivity index (χ4v) is 2.29. The number of benzene rings is 5. The van der Waals surface area contributed by atoms with E-state index in [2.05, 4.69) is 48.5 Å². The van der Waals surface area contributed by atoms with Crippen molar-refractivity contribution in [3.63, 3.8) is 0 Å². The molecule has 0 N–H and O–H groups in total. The molecule has 0 aliphatic rings. The molecule has 0 unspecified atom stereocenters. The van der Waals surface area contributed by atoms with E-state index in [1.165, 1.54) is 10.8 Å². The SMILES string of the molecule is CC.CC.CC.CC.CC.CC.CC.CC.CC.CC.[CH3-].[CH3-].[Y].c1ccc2ccccc2c1.c1ccccc1.c1ccccc1.c1ccccc1. The molecule has 0 amide bonds. The average molecular weight is 782 g/mol. The molecule has 0 heterocycles. The summed E-state index contributed by atoms with van der Waals surface area (Å²) in [7, 11) is 0. The molecular formula is C50H92Y-2. The van der Waals surface area contributed by atoms with E-state index in [-0.39, 0.29) is 47.6 Å². The first kappa shape index (κ1) is 82.1. The molecule has 0 fully saturated rings. The fourth-order valence-electron chi connectivity index (χ4n) is 2.29. The topological polar surface area (TPSA) is 0 Å². The van der Waals surface area contributed by atoms with Gasteiger partial charge in [-0.3, -0.25) is 0 Å². The predicted octanol–water partition coefficient (Wildman–Crippen LogP) is 19.1. The minimum atomic E-state index is 0. The molecule has 0 nitrogen and oxygen atoms in total. The van der Waals surface area contributed by atoms with Crippen LogP contribution in [0.2, 0.25) is 0 Å². The molecular weight excluding hydrogens is 689 g/mol. The summed E-state index contributed by atoms with van der Waals surface area (Å²) >= 11 is 0. The monoisotopic (exact) mass is 782 g/mol. The maximum absolute atomic E-state index is 2.12. The molecule has 0 saturated carbocycles. The molecule has 1 radical (unpaired) electrons. The second-order valence-electron chi connectivity index (χ2n) is 5.81. The molecule has 0 bridgehead atoms. The Hall–Kier alpha value is -2.54. The van der Waals surface area contributed by atoms with Crippen LogP contribution in [0.15, 0.2) is 158 Å². The third-order valence-electron chi connectivity index (χ3n) is 3.66. The largest absolute Gasteiger partial charge is 0.358 e. The molecule has 5 aromatic rings. The molecule has 5 rings (SSSR count). The van der Waals surface area contributed by atoms with Gasteiger partial charge in [0.05, 0.1) is 0 Å². The van der Waals surface area contributed by atoms with Crippen molar-refractivity contribution in [2.24, 2.45) is 0 Å². The van der Waals surface area contributed by atoms with Crippen molar-refractivity contribution in [2.75, 3.05) is 0 Å². The summed E-state index contributed by atoms with van der Waals surface area (Å²) < 4.78 is 0. The van der Waals surface area contributed by atoms with Gasteiger partial charge in [0.2, 0.25) is 0 Å². The van der Waals surface area contributed by atoms with E-state index in [1.807, 2.05) is 248 Å². The van der Waals surface area contributed by atoms with Crippen LogP contribution in [0.4, 0.5) is 0 Å². The molecule has 0 atom stereocenters. The van der Waals surface area contributed by atoms with E-state index < -0.39 is 0 Å². The Balaban J connectivity index is -0.0000000340. The fraction of sp³-hybridized carbons (Fsp3) is 0.400. The second kappa shape index (κ2) is 118. The van der Waals surface area contributed by atoms with Gasteiger partial charge < -0.3 is 14.9 Å². The Bertz CT molecular complexity index is 732. The summed E-state index contributed by atoms with van der Waals surface area (Å²) in [4.78, 5) is 0. The maximum atomic E-state index is 2.12. The Morgan fingerprint density at radius 1 is 0.176 bits per heavy atom. The molecule has 5 aromatic carbocycles. The Morgan fingerprint density at radius 2 is 0.255 bits per heavy atom.